The van der Waals surface area contributed by atoms with E-state index in [9.17, 15) is 4.79 Å². The molecule has 0 aromatic heterocycles. The molecule has 0 spiro atoms. The fraction of sp³-hybridized carbons (Fsp3) is 0.533. The van der Waals surface area contributed by atoms with Gasteiger partial charge in [-0.15, -0.1) is 0 Å². The number of benzene rings is 1. The summed E-state index contributed by atoms with van der Waals surface area (Å²) >= 11 is 5.48. The van der Waals surface area contributed by atoms with Crippen LogP contribution < -0.4 is 5.32 Å². The molecule has 2 atom stereocenters. The molecule has 1 N–H and O–H groups in total. The number of aryl methyl sites for hydroxylation is 1. The van der Waals surface area contributed by atoms with E-state index in [1.807, 2.05) is 36.9 Å². The Kier molecular flexibility index (Phi) is 5.34. The van der Waals surface area contributed by atoms with E-state index in [4.69, 9.17) is 0 Å². The topological polar surface area (TPSA) is 29.1 Å². The van der Waals surface area contributed by atoms with Crippen molar-refractivity contribution in [2.45, 2.75) is 44.4 Å². The average Bonchev–Trinajstić information content (AvgIpc) is 2.80. The Morgan fingerprint density at radius 2 is 2.26 bits per heavy atom. The molecule has 0 saturated heterocycles. The number of halogens is 1. The van der Waals surface area contributed by atoms with E-state index in [1.54, 1.807) is 0 Å². The number of carbonyl (C=O) groups excluding carboxylic acids is 1. The number of hydrogen-bond donors (Lipinski definition) is 1. The van der Waals surface area contributed by atoms with Crippen molar-refractivity contribution in [1.29, 1.82) is 0 Å². The third-order valence-electron chi connectivity index (χ3n) is 3.59. The molecule has 0 aliphatic heterocycles. The first-order valence-electron chi connectivity index (χ1n) is 6.81. The number of amides is 1. The minimum absolute atomic E-state index is 0.0455. The van der Waals surface area contributed by atoms with Gasteiger partial charge in [0.25, 0.3) is 5.91 Å². The summed E-state index contributed by atoms with van der Waals surface area (Å²) < 4.78 is 0.908. The van der Waals surface area contributed by atoms with Crippen molar-refractivity contribution in [3.8, 4) is 0 Å². The van der Waals surface area contributed by atoms with Crippen LogP contribution in [0.2, 0.25) is 0 Å². The van der Waals surface area contributed by atoms with E-state index in [0.717, 1.165) is 27.8 Å². The van der Waals surface area contributed by atoms with Crippen LogP contribution in [0, 0.1) is 6.92 Å². The molecule has 1 aliphatic rings. The zero-order valence-electron chi connectivity index (χ0n) is 11.4. The maximum Gasteiger partial charge on any atom is 0.252 e. The predicted octanol–water partition coefficient (Wildman–Crippen LogP) is 4.16. The fourth-order valence-electron chi connectivity index (χ4n) is 2.57. The van der Waals surface area contributed by atoms with E-state index >= 15 is 0 Å². The predicted molar refractivity (Wildman–Crippen MR) is 85.9 cm³/mol. The lowest BCUT2D eigenvalue weighted by Crippen LogP contribution is -2.39. The average molecular weight is 342 g/mol. The SMILES string of the molecule is CCSC1CCCC1NC(=O)c1cccc(C)c1Br. The molecule has 1 aromatic carbocycles. The van der Waals surface area contributed by atoms with Gasteiger partial charge in [0.05, 0.1) is 5.56 Å². The molecule has 0 heterocycles. The maximum absolute atomic E-state index is 12.4. The van der Waals surface area contributed by atoms with Gasteiger partial charge in [0.2, 0.25) is 0 Å². The monoisotopic (exact) mass is 341 g/mol. The fourth-order valence-corrected chi connectivity index (χ4v) is 4.22. The van der Waals surface area contributed by atoms with Gasteiger partial charge in [-0.25, -0.2) is 0 Å². The Hall–Kier alpha value is -0.480. The number of thioether (sulfide) groups is 1. The van der Waals surface area contributed by atoms with E-state index < -0.39 is 0 Å². The van der Waals surface area contributed by atoms with Crippen LogP contribution in [0.5, 0.6) is 0 Å². The van der Waals surface area contributed by atoms with E-state index in [-0.39, 0.29) is 5.91 Å². The van der Waals surface area contributed by atoms with Gasteiger partial charge in [-0.3, -0.25) is 4.79 Å². The van der Waals surface area contributed by atoms with Crippen molar-refractivity contribution in [2.75, 3.05) is 5.75 Å². The molecule has 2 nitrogen and oxygen atoms in total. The molecule has 0 bridgehead atoms. The maximum atomic E-state index is 12.4. The van der Waals surface area contributed by atoms with Crippen LogP contribution in [0.3, 0.4) is 0 Å². The first-order valence-corrected chi connectivity index (χ1v) is 8.65. The van der Waals surface area contributed by atoms with Crippen LogP contribution in [0.25, 0.3) is 0 Å². The molecule has 1 aromatic rings. The highest BCUT2D eigenvalue weighted by Gasteiger charge is 2.29. The molecule has 4 heteroatoms. The Balaban J connectivity index is 2.06. The standard InChI is InChI=1S/C15H20BrNOS/c1-3-19-13-9-5-8-12(13)17-15(18)11-7-4-6-10(2)14(11)16/h4,6-7,12-13H,3,5,8-9H2,1-2H3,(H,17,18). The molecule has 104 valence electrons. The molecule has 0 radical (unpaired) electrons. The van der Waals surface area contributed by atoms with Gasteiger partial charge in [0.15, 0.2) is 0 Å². The third-order valence-corrected chi connectivity index (χ3v) is 5.96. The van der Waals surface area contributed by atoms with Crippen molar-refractivity contribution < 1.29 is 4.79 Å². The number of hydrogen-bond acceptors (Lipinski definition) is 2. The zero-order chi connectivity index (χ0) is 13.8. The zero-order valence-corrected chi connectivity index (χ0v) is 13.8. The molecular formula is C15H20BrNOS. The third kappa shape index (κ3) is 3.54. The highest BCUT2D eigenvalue weighted by Crippen LogP contribution is 2.30. The van der Waals surface area contributed by atoms with Crippen LogP contribution in [0.1, 0.15) is 42.1 Å². The molecular weight excluding hydrogens is 322 g/mol. The minimum atomic E-state index is 0.0455. The van der Waals surface area contributed by atoms with Crippen LogP contribution in [0.4, 0.5) is 0 Å². The molecule has 2 rings (SSSR count). The van der Waals surface area contributed by atoms with Crippen molar-refractivity contribution in [3.05, 3.63) is 33.8 Å². The second-order valence-corrected chi connectivity index (χ2v) is 7.25. The van der Waals surface area contributed by atoms with Crippen molar-refractivity contribution in [1.82, 2.24) is 5.32 Å². The quantitative estimate of drug-likeness (QED) is 0.890. The smallest absolute Gasteiger partial charge is 0.252 e. The summed E-state index contributed by atoms with van der Waals surface area (Å²) in [6.45, 7) is 4.19. The van der Waals surface area contributed by atoms with Gasteiger partial charge in [-0.2, -0.15) is 11.8 Å². The van der Waals surface area contributed by atoms with Crippen molar-refractivity contribution >= 4 is 33.6 Å². The molecule has 1 saturated carbocycles. The molecule has 1 aliphatic carbocycles. The number of carbonyl (C=O) groups is 1. The second-order valence-electron chi connectivity index (χ2n) is 4.94. The molecule has 19 heavy (non-hydrogen) atoms. The van der Waals surface area contributed by atoms with E-state index in [2.05, 4.69) is 28.2 Å². The number of rotatable bonds is 4. The lowest BCUT2D eigenvalue weighted by Gasteiger charge is -2.20. The summed E-state index contributed by atoms with van der Waals surface area (Å²) in [5.41, 5.74) is 1.84. The summed E-state index contributed by atoms with van der Waals surface area (Å²) in [4.78, 5) is 12.4. The summed E-state index contributed by atoms with van der Waals surface area (Å²) in [5.74, 6) is 1.16. The summed E-state index contributed by atoms with van der Waals surface area (Å²) in [6.07, 6.45) is 3.54. The van der Waals surface area contributed by atoms with Crippen LogP contribution in [-0.2, 0) is 0 Å². The highest BCUT2D eigenvalue weighted by molar-refractivity contribution is 9.10. The lowest BCUT2D eigenvalue weighted by atomic mass is 10.1. The summed E-state index contributed by atoms with van der Waals surface area (Å²) in [7, 11) is 0. The van der Waals surface area contributed by atoms with Gasteiger partial charge in [0.1, 0.15) is 0 Å². The van der Waals surface area contributed by atoms with Gasteiger partial charge in [-0.05, 0) is 53.1 Å². The van der Waals surface area contributed by atoms with Gasteiger partial charge < -0.3 is 5.32 Å². The largest absolute Gasteiger partial charge is 0.348 e. The van der Waals surface area contributed by atoms with E-state index in [0.29, 0.717) is 11.3 Å². The Morgan fingerprint density at radius 3 is 3.00 bits per heavy atom. The van der Waals surface area contributed by atoms with Crippen LogP contribution >= 0.6 is 27.7 Å². The Bertz CT molecular complexity index is 463. The van der Waals surface area contributed by atoms with Crippen LogP contribution in [-0.4, -0.2) is 23.0 Å². The molecule has 1 fully saturated rings. The van der Waals surface area contributed by atoms with Gasteiger partial charge in [0, 0.05) is 15.8 Å². The first kappa shape index (κ1) is 14.9. The summed E-state index contributed by atoms with van der Waals surface area (Å²) in [5, 5.41) is 3.79. The Morgan fingerprint density at radius 1 is 1.47 bits per heavy atom. The number of nitrogens with one attached hydrogen (secondary N) is 1. The first-order chi connectivity index (χ1) is 9.13. The lowest BCUT2D eigenvalue weighted by molar-refractivity contribution is 0.0938. The van der Waals surface area contributed by atoms with Crippen molar-refractivity contribution in [3.63, 3.8) is 0 Å². The second kappa shape index (κ2) is 6.80. The molecule has 2 unspecified atom stereocenters. The van der Waals surface area contributed by atoms with Gasteiger partial charge in [-0.1, -0.05) is 25.5 Å². The summed E-state index contributed by atoms with van der Waals surface area (Å²) in [6, 6.07) is 6.14. The normalized spacial score (nSPS) is 22.5. The molecule has 1 amide bonds. The minimum Gasteiger partial charge on any atom is -0.348 e. The Labute approximate surface area is 127 Å². The highest BCUT2D eigenvalue weighted by atomic mass is 79.9. The van der Waals surface area contributed by atoms with Crippen LogP contribution in [0.15, 0.2) is 22.7 Å². The van der Waals surface area contributed by atoms with Gasteiger partial charge >= 0.3 is 0 Å². The van der Waals surface area contributed by atoms with E-state index in [1.165, 1.54) is 12.8 Å². The van der Waals surface area contributed by atoms with Crippen molar-refractivity contribution in [2.24, 2.45) is 0 Å².